The van der Waals surface area contributed by atoms with E-state index in [1.54, 1.807) is 6.07 Å². The van der Waals surface area contributed by atoms with Gasteiger partial charge in [-0.05, 0) is 50.5 Å². The van der Waals surface area contributed by atoms with Crippen molar-refractivity contribution >= 4 is 44.8 Å². The third kappa shape index (κ3) is 4.00. The fraction of sp³-hybridized carbons (Fsp3) is 0.211. The maximum atomic E-state index is 12.1. The van der Waals surface area contributed by atoms with E-state index in [0.717, 1.165) is 22.3 Å². The van der Waals surface area contributed by atoms with Gasteiger partial charge in [0.25, 0.3) is 0 Å². The van der Waals surface area contributed by atoms with E-state index >= 15 is 0 Å². The van der Waals surface area contributed by atoms with Gasteiger partial charge in [-0.1, -0.05) is 15.9 Å². The second kappa shape index (κ2) is 7.80. The number of Topliss-reactive ketones (excluding diaryl/α,β-unsaturated/α-hetero) is 1. The van der Waals surface area contributed by atoms with Gasteiger partial charge in [0.15, 0.2) is 11.9 Å². The molecule has 0 fully saturated rings. The maximum absolute atomic E-state index is 12.1. The Balaban J connectivity index is 2.03. The average Bonchev–Trinajstić information content (AvgIpc) is 3.04. The Labute approximate surface area is 159 Å². The molecule has 0 aliphatic rings. The molecule has 0 saturated heterocycles. The van der Waals surface area contributed by atoms with Gasteiger partial charge in [-0.3, -0.25) is 9.59 Å². The van der Waals surface area contributed by atoms with Crippen LogP contribution < -0.4 is 5.32 Å². The van der Waals surface area contributed by atoms with Gasteiger partial charge in [0.2, 0.25) is 11.7 Å². The zero-order valence-electron chi connectivity index (χ0n) is 14.5. The summed E-state index contributed by atoms with van der Waals surface area (Å²) in [6, 6.07) is 11.0. The lowest BCUT2D eigenvalue weighted by molar-refractivity contribution is -0.104. The maximum Gasteiger partial charge on any atom is 0.229 e. The van der Waals surface area contributed by atoms with Gasteiger partial charge in [0, 0.05) is 28.8 Å². The molecule has 3 aromatic rings. The number of carbonyl (C=O) groups excluding carboxylic acids is 2. The fourth-order valence-corrected chi connectivity index (χ4v) is 2.79. The van der Waals surface area contributed by atoms with Gasteiger partial charge in [-0.2, -0.15) is 0 Å². The zero-order valence-corrected chi connectivity index (χ0v) is 16.0. The van der Waals surface area contributed by atoms with Gasteiger partial charge in [0.1, 0.15) is 5.52 Å². The number of likely N-dealkylation sites (N-methyl/N-ethyl adjacent to an activating group) is 1. The standard InChI is InChI=1S/C19H18BrN3O3/c1-23(2)8-7-21-14-9-15(17(25)11-24)18-16(10-14)22-19(26-18)12-3-5-13(20)6-4-12/h3-6,9-11,21H,7-8H2,1-2H3. The largest absolute Gasteiger partial charge is 0.435 e. The number of aldehydes is 1. The lowest BCUT2D eigenvalue weighted by Crippen LogP contribution is -2.20. The SMILES string of the molecule is CN(C)CCNc1cc(C(=O)C=O)c2oc(-c3ccc(Br)cc3)nc2c1. The molecular weight excluding hydrogens is 398 g/mol. The van der Waals surface area contributed by atoms with Crippen molar-refractivity contribution in [2.24, 2.45) is 0 Å². The molecule has 2 aromatic carbocycles. The highest BCUT2D eigenvalue weighted by atomic mass is 79.9. The summed E-state index contributed by atoms with van der Waals surface area (Å²) < 4.78 is 6.75. The van der Waals surface area contributed by atoms with Crippen LogP contribution in [0.25, 0.3) is 22.6 Å². The number of rotatable bonds is 7. The quantitative estimate of drug-likeness (QED) is 0.360. The summed E-state index contributed by atoms with van der Waals surface area (Å²) >= 11 is 3.39. The van der Waals surface area contributed by atoms with Crippen LogP contribution in [0.3, 0.4) is 0 Å². The third-order valence-electron chi connectivity index (χ3n) is 3.84. The normalized spacial score (nSPS) is 11.1. The van der Waals surface area contributed by atoms with Crippen molar-refractivity contribution in [1.82, 2.24) is 9.88 Å². The Bertz CT molecular complexity index is 949. The molecule has 0 amide bonds. The second-order valence-electron chi connectivity index (χ2n) is 6.11. The molecule has 0 spiro atoms. The number of nitrogens with zero attached hydrogens (tertiary/aromatic N) is 2. The number of halogens is 1. The number of hydrogen-bond donors (Lipinski definition) is 1. The minimum Gasteiger partial charge on any atom is -0.435 e. The van der Waals surface area contributed by atoms with E-state index in [2.05, 4.69) is 26.2 Å². The summed E-state index contributed by atoms with van der Waals surface area (Å²) in [6.07, 6.45) is 0.292. The van der Waals surface area contributed by atoms with Crippen LogP contribution in [0.15, 0.2) is 45.3 Å². The van der Waals surface area contributed by atoms with Crippen molar-refractivity contribution in [3.63, 3.8) is 0 Å². The van der Waals surface area contributed by atoms with Crippen molar-refractivity contribution in [1.29, 1.82) is 0 Å². The number of oxazole rings is 1. The molecule has 0 radical (unpaired) electrons. The first kappa shape index (κ1) is 18.3. The number of aromatic nitrogens is 1. The Hall–Kier alpha value is -2.51. The smallest absolute Gasteiger partial charge is 0.229 e. The molecule has 3 rings (SSSR count). The predicted molar refractivity (Wildman–Crippen MR) is 105 cm³/mol. The fourth-order valence-electron chi connectivity index (χ4n) is 2.52. The van der Waals surface area contributed by atoms with Crippen LogP contribution in [0, 0.1) is 0 Å². The molecule has 0 aliphatic carbocycles. The average molecular weight is 416 g/mol. The van der Waals surface area contributed by atoms with E-state index in [0.29, 0.717) is 29.8 Å². The van der Waals surface area contributed by atoms with Crippen LogP contribution in [-0.2, 0) is 4.79 Å². The predicted octanol–water partition coefficient (Wildman–Crippen LogP) is 3.61. The molecule has 0 unspecified atom stereocenters. The summed E-state index contributed by atoms with van der Waals surface area (Å²) in [5, 5.41) is 3.25. The first-order valence-electron chi connectivity index (χ1n) is 8.06. The summed E-state index contributed by atoms with van der Waals surface area (Å²) in [7, 11) is 3.96. The van der Waals surface area contributed by atoms with Gasteiger partial charge in [-0.15, -0.1) is 0 Å². The molecule has 0 aliphatic heterocycles. The highest BCUT2D eigenvalue weighted by Crippen LogP contribution is 2.30. The molecule has 1 heterocycles. The molecule has 6 nitrogen and oxygen atoms in total. The van der Waals surface area contributed by atoms with Crippen LogP contribution in [0.5, 0.6) is 0 Å². The van der Waals surface area contributed by atoms with Gasteiger partial charge in [0.05, 0.1) is 5.56 Å². The van der Waals surface area contributed by atoms with Gasteiger partial charge in [-0.25, -0.2) is 4.98 Å². The lowest BCUT2D eigenvalue weighted by Gasteiger charge is -2.11. The van der Waals surface area contributed by atoms with Gasteiger partial charge >= 0.3 is 0 Å². The zero-order chi connectivity index (χ0) is 18.7. The number of fused-ring (bicyclic) bond motifs is 1. The Morgan fingerprint density at radius 2 is 2.00 bits per heavy atom. The molecule has 1 aromatic heterocycles. The Kier molecular flexibility index (Phi) is 5.49. The van der Waals surface area contributed by atoms with E-state index in [4.69, 9.17) is 4.42 Å². The van der Waals surface area contributed by atoms with E-state index in [-0.39, 0.29) is 5.56 Å². The number of carbonyl (C=O) groups is 2. The summed E-state index contributed by atoms with van der Waals surface area (Å²) in [5.41, 5.74) is 2.57. The number of ketones is 1. The van der Waals surface area contributed by atoms with E-state index in [1.165, 1.54) is 0 Å². The first-order chi connectivity index (χ1) is 12.5. The molecule has 1 N–H and O–H groups in total. The molecular formula is C19H18BrN3O3. The lowest BCUT2D eigenvalue weighted by atomic mass is 10.1. The van der Waals surface area contributed by atoms with Crippen molar-refractivity contribution in [3.05, 3.63) is 46.4 Å². The van der Waals surface area contributed by atoms with Crippen LogP contribution in [0.1, 0.15) is 10.4 Å². The van der Waals surface area contributed by atoms with Crippen LogP contribution in [0.2, 0.25) is 0 Å². The Morgan fingerprint density at radius 1 is 1.27 bits per heavy atom. The molecule has 0 atom stereocenters. The van der Waals surface area contributed by atoms with Crippen LogP contribution >= 0.6 is 15.9 Å². The summed E-state index contributed by atoms with van der Waals surface area (Å²) in [6.45, 7) is 1.53. The van der Waals surface area contributed by atoms with E-state index in [9.17, 15) is 9.59 Å². The van der Waals surface area contributed by atoms with Crippen molar-refractivity contribution in [2.75, 3.05) is 32.5 Å². The topological polar surface area (TPSA) is 75.4 Å². The molecule has 134 valence electrons. The van der Waals surface area contributed by atoms with Gasteiger partial charge < -0.3 is 14.6 Å². The van der Waals surface area contributed by atoms with Crippen molar-refractivity contribution < 1.29 is 14.0 Å². The number of anilines is 1. The van der Waals surface area contributed by atoms with E-state index in [1.807, 2.05) is 49.3 Å². The van der Waals surface area contributed by atoms with Crippen molar-refractivity contribution in [3.8, 4) is 11.5 Å². The van der Waals surface area contributed by atoms with E-state index < -0.39 is 5.78 Å². The summed E-state index contributed by atoms with van der Waals surface area (Å²) in [4.78, 5) is 29.6. The second-order valence-corrected chi connectivity index (χ2v) is 7.03. The highest BCUT2D eigenvalue weighted by molar-refractivity contribution is 9.10. The number of benzene rings is 2. The highest BCUT2D eigenvalue weighted by Gasteiger charge is 2.18. The Morgan fingerprint density at radius 3 is 2.65 bits per heavy atom. The first-order valence-corrected chi connectivity index (χ1v) is 8.86. The molecule has 7 heteroatoms. The number of nitrogens with one attached hydrogen (secondary N) is 1. The molecule has 0 saturated carbocycles. The van der Waals surface area contributed by atoms with Crippen molar-refractivity contribution in [2.45, 2.75) is 0 Å². The minimum atomic E-state index is -0.634. The monoisotopic (exact) mass is 415 g/mol. The third-order valence-corrected chi connectivity index (χ3v) is 4.37. The molecule has 0 bridgehead atoms. The summed E-state index contributed by atoms with van der Waals surface area (Å²) in [5.74, 6) is -0.234. The minimum absolute atomic E-state index is 0.209. The van der Waals surface area contributed by atoms with Crippen LogP contribution in [-0.4, -0.2) is 49.1 Å². The van der Waals surface area contributed by atoms with Crippen LogP contribution in [0.4, 0.5) is 5.69 Å². The molecule has 26 heavy (non-hydrogen) atoms. The number of hydrogen-bond acceptors (Lipinski definition) is 6.